The highest BCUT2D eigenvalue weighted by molar-refractivity contribution is 6.13. The average molecular weight is 280 g/mol. The van der Waals surface area contributed by atoms with E-state index in [0.29, 0.717) is 12.8 Å². The molecule has 0 heterocycles. The number of alkyl halides is 1. The Bertz CT molecular complexity index is 573. The summed E-state index contributed by atoms with van der Waals surface area (Å²) < 4.78 is 12.3. The van der Waals surface area contributed by atoms with Crippen LogP contribution >= 0.6 is 0 Å². The van der Waals surface area contributed by atoms with Crippen molar-refractivity contribution in [3.63, 3.8) is 0 Å². The molecule has 2 nitrogen and oxygen atoms in total. The Hall–Kier alpha value is -2.47. The van der Waals surface area contributed by atoms with Crippen LogP contribution in [0.15, 0.2) is 65.7 Å². The van der Waals surface area contributed by atoms with E-state index >= 15 is 0 Å². The zero-order valence-corrected chi connectivity index (χ0v) is 11.7. The topological polar surface area (TPSA) is 36.1 Å². The van der Waals surface area contributed by atoms with Crippen molar-refractivity contribution in [2.45, 2.75) is 18.9 Å². The Balaban J connectivity index is 2.39. The van der Waals surface area contributed by atoms with Gasteiger partial charge in [0.1, 0.15) is 6.04 Å². The van der Waals surface area contributed by atoms with Gasteiger partial charge in [-0.05, 0) is 12.8 Å². The van der Waals surface area contributed by atoms with Crippen molar-refractivity contribution in [1.82, 2.24) is 0 Å². The van der Waals surface area contributed by atoms with Crippen LogP contribution in [0.5, 0.6) is 0 Å². The van der Waals surface area contributed by atoms with Crippen molar-refractivity contribution in [3.05, 3.63) is 71.8 Å². The van der Waals surface area contributed by atoms with Crippen molar-refractivity contribution >= 4 is 5.71 Å². The van der Waals surface area contributed by atoms with Gasteiger partial charge in [0.25, 0.3) is 0 Å². The average Bonchev–Trinajstić information content (AvgIpc) is 2.57. The minimum absolute atomic E-state index is 0.360. The number of aliphatic imine (C=N–C) groups is 1. The molecule has 0 aliphatic rings. The summed E-state index contributed by atoms with van der Waals surface area (Å²) in [6.07, 6.45) is 0.800. The van der Waals surface area contributed by atoms with E-state index < -0.39 is 12.7 Å². The third-order valence-electron chi connectivity index (χ3n) is 3.14. The van der Waals surface area contributed by atoms with Gasteiger partial charge in [0.2, 0.25) is 0 Å². The summed E-state index contributed by atoms with van der Waals surface area (Å²) in [5.74, 6) is 0. The number of hydrogen-bond donors (Lipinski definition) is 0. The Labute approximate surface area is 124 Å². The molecule has 21 heavy (non-hydrogen) atoms. The Morgan fingerprint density at radius 3 is 1.95 bits per heavy atom. The lowest BCUT2D eigenvalue weighted by Gasteiger charge is -2.10. The van der Waals surface area contributed by atoms with Crippen LogP contribution in [0.3, 0.4) is 0 Å². The first-order chi connectivity index (χ1) is 10.3. The van der Waals surface area contributed by atoms with Gasteiger partial charge in [0.05, 0.1) is 18.5 Å². The molecular formula is C18H17FN2. The molecule has 0 bridgehead atoms. The van der Waals surface area contributed by atoms with E-state index in [1.807, 2.05) is 60.7 Å². The van der Waals surface area contributed by atoms with Gasteiger partial charge in [-0.3, -0.25) is 9.38 Å². The summed E-state index contributed by atoms with van der Waals surface area (Å²) in [4.78, 5) is 4.56. The van der Waals surface area contributed by atoms with Crippen LogP contribution in [0.2, 0.25) is 0 Å². The summed E-state index contributed by atoms with van der Waals surface area (Å²) in [7, 11) is 0. The highest BCUT2D eigenvalue weighted by Crippen LogP contribution is 2.14. The van der Waals surface area contributed by atoms with Crippen LogP contribution in [-0.4, -0.2) is 18.4 Å². The van der Waals surface area contributed by atoms with Gasteiger partial charge in [-0.2, -0.15) is 5.26 Å². The van der Waals surface area contributed by atoms with Gasteiger partial charge < -0.3 is 0 Å². The van der Waals surface area contributed by atoms with E-state index in [4.69, 9.17) is 0 Å². The molecule has 3 heteroatoms. The second-order valence-corrected chi connectivity index (χ2v) is 4.69. The van der Waals surface area contributed by atoms with Gasteiger partial charge >= 0.3 is 0 Å². The first-order valence-electron chi connectivity index (χ1n) is 6.99. The predicted octanol–water partition coefficient (Wildman–Crippen LogP) is 4.17. The van der Waals surface area contributed by atoms with E-state index in [0.717, 1.165) is 16.8 Å². The Kier molecular flexibility index (Phi) is 5.66. The number of rotatable bonds is 6. The maximum absolute atomic E-state index is 12.3. The molecule has 2 rings (SSSR count). The molecular weight excluding hydrogens is 263 g/mol. The van der Waals surface area contributed by atoms with Crippen LogP contribution in [0.1, 0.15) is 24.0 Å². The van der Waals surface area contributed by atoms with Crippen molar-refractivity contribution in [2.75, 3.05) is 6.67 Å². The molecule has 0 aliphatic heterocycles. The molecule has 0 saturated carbocycles. The SMILES string of the molecule is N#CC(CCCF)N=C(c1ccccc1)c1ccccc1. The van der Waals surface area contributed by atoms with Crippen LogP contribution < -0.4 is 0 Å². The summed E-state index contributed by atoms with van der Waals surface area (Å²) in [5, 5.41) is 9.22. The van der Waals surface area contributed by atoms with E-state index in [1.54, 1.807) is 0 Å². The fourth-order valence-electron chi connectivity index (χ4n) is 2.09. The lowest BCUT2D eigenvalue weighted by molar-refractivity contribution is 0.455. The van der Waals surface area contributed by atoms with Crippen LogP contribution in [0.25, 0.3) is 0 Å². The lowest BCUT2D eigenvalue weighted by atomic mass is 10.0. The van der Waals surface area contributed by atoms with Crippen molar-refractivity contribution in [2.24, 2.45) is 4.99 Å². The van der Waals surface area contributed by atoms with Gasteiger partial charge in [0, 0.05) is 11.1 Å². The number of benzene rings is 2. The molecule has 0 saturated heterocycles. The van der Waals surface area contributed by atoms with Crippen LogP contribution in [0.4, 0.5) is 4.39 Å². The molecule has 0 amide bonds. The fourth-order valence-corrected chi connectivity index (χ4v) is 2.09. The van der Waals surface area contributed by atoms with Gasteiger partial charge in [-0.15, -0.1) is 0 Å². The normalized spacial score (nSPS) is 11.4. The molecule has 0 aromatic heterocycles. The first-order valence-corrected chi connectivity index (χ1v) is 6.99. The molecule has 1 atom stereocenters. The van der Waals surface area contributed by atoms with Crippen molar-refractivity contribution < 1.29 is 4.39 Å². The minimum atomic E-state index is -0.517. The minimum Gasteiger partial charge on any atom is -0.266 e. The summed E-state index contributed by atoms with van der Waals surface area (Å²) in [5.41, 5.74) is 2.70. The van der Waals surface area contributed by atoms with Crippen molar-refractivity contribution in [3.8, 4) is 6.07 Å². The zero-order chi connectivity index (χ0) is 14.9. The van der Waals surface area contributed by atoms with Gasteiger partial charge in [0.15, 0.2) is 0 Å². The highest BCUT2D eigenvalue weighted by Gasteiger charge is 2.11. The van der Waals surface area contributed by atoms with Crippen LogP contribution in [0, 0.1) is 11.3 Å². The quantitative estimate of drug-likeness (QED) is 0.732. The van der Waals surface area contributed by atoms with Crippen LogP contribution in [-0.2, 0) is 0 Å². The molecule has 0 spiro atoms. The second kappa shape index (κ2) is 7.96. The monoisotopic (exact) mass is 280 g/mol. The predicted molar refractivity (Wildman–Crippen MR) is 83.1 cm³/mol. The first kappa shape index (κ1) is 14.9. The molecule has 2 aromatic carbocycles. The second-order valence-electron chi connectivity index (χ2n) is 4.69. The van der Waals surface area contributed by atoms with Gasteiger partial charge in [-0.25, -0.2) is 0 Å². The smallest absolute Gasteiger partial charge is 0.137 e. The van der Waals surface area contributed by atoms with E-state index in [-0.39, 0.29) is 0 Å². The Morgan fingerprint density at radius 2 is 1.52 bits per heavy atom. The lowest BCUT2D eigenvalue weighted by Crippen LogP contribution is -2.10. The maximum atomic E-state index is 12.3. The highest BCUT2D eigenvalue weighted by atomic mass is 19.1. The molecule has 0 fully saturated rings. The third-order valence-corrected chi connectivity index (χ3v) is 3.14. The standard InChI is InChI=1S/C18H17FN2/c19-13-7-12-17(14-20)21-18(15-8-3-1-4-9-15)16-10-5-2-6-11-16/h1-6,8-11,17H,7,12-13H2. The summed E-state index contributed by atoms with van der Waals surface area (Å²) in [6, 6.07) is 21.2. The van der Waals surface area contributed by atoms with Crippen molar-refractivity contribution in [1.29, 1.82) is 5.26 Å². The Morgan fingerprint density at radius 1 is 1.00 bits per heavy atom. The zero-order valence-electron chi connectivity index (χ0n) is 11.7. The number of halogens is 1. The molecule has 1 unspecified atom stereocenters. The number of hydrogen-bond acceptors (Lipinski definition) is 2. The fraction of sp³-hybridized carbons (Fsp3) is 0.222. The molecule has 0 N–H and O–H groups in total. The summed E-state index contributed by atoms with van der Waals surface area (Å²) in [6.45, 7) is -0.417. The number of nitrogens with zero attached hydrogens (tertiary/aromatic N) is 2. The van der Waals surface area contributed by atoms with E-state index in [9.17, 15) is 9.65 Å². The summed E-state index contributed by atoms with van der Waals surface area (Å²) >= 11 is 0. The molecule has 106 valence electrons. The van der Waals surface area contributed by atoms with Gasteiger partial charge in [-0.1, -0.05) is 60.7 Å². The molecule has 2 aromatic rings. The number of nitriles is 1. The third kappa shape index (κ3) is 4.25. The largest absolute Gasteiger partial charge is 0.266 e. The van der Waals surface area contributed by atoms with E-state index in [1.165, 1.54) is 0 Å². The van der Waals surface area contributed by atoms with E-state index in [2.05, 4.69) is 11.1 Å². The molecule has 0 aliphatic carbocycles. The molecule has 0 radical (unpaired) electrons. The maximum Gasteiger partial charge on any atom is 0.137 e.